The van der Waals surface area contributed by atoms with E-state index in [9.17, 15) is 0 Å². The van der Waals surface area contributed by atoms with Crippen LogP contribution in [0.15, 0.2) is 18.5 Å². The van der Waals surface area contributed by atoms with E-state index in [2.05, 4.69) is 25.8 Å². The maximum atomic E-state index is 6.05. The average molecular weight is 179 g/mol. The number of hydrogen-bond acceptors (Lipinski definition) is 3. The van der Waals surface area contributed by atoms with Crippen molar-refractivity contribution in [3.8, 4) is 0 Å². The highest BCUT2D eigenvalue weighted by Crippen LogP contribution is 2.30. The van der Waals surface area contributed by atoms with Crippen molar-refractivity contribution < 1.29 is 0 Å². The van der Waals surface area contributed by atoms with E-state index in [1.54, 1.807) is 12.4 Å². The summed E-state index contributed by atoms with van der Waals surface area (Å²) in [6.07, 6.45) is 3.39. The smallest absolute Gasteiger partial charge is 0.0503 e. The van der Waals surface area contributed by atoms with Crippen molar-refractivity contribution in [2.75, 3.05) is 5.73 Å². The highest BCUT2D eigenvalue weighted by atomic mass is 14.7. The van der Waals surface area contributed by atoms with Gasteiger partial charge in [-0.2, -0.15) is 0 Å². The summed E-state index contributed by atoms with van der Waals surface area (Å²) in [5.74, 6) is 0. The Balaban J connectivity index is 2.96. The quantitative estimate of drug-likeness (QED) is 0.689. The summed E-state index contributed by atoms with van der Waals surface area (Å²) < 4.78 is 0. The molecule has 1 heterocycles. The van der Waals surface area contributed by atoms with E-state index >= 15 is 0 Å². The Hall–Kier alpha value is -1.09. The van der Waals surface area contributed by atoms with Crippen molar-refractivity contribution in [1.29, 1.82) is 0 Å². The van der Waals surface area contributed by atoms with Gasteiger partial charge >= 0.3 is 0 Å². The average Bonchev–Trinajstić information content (AvgIpc) is 2.01. The van der Waals surface area contributed by atoms with Crippen LogP contribution in [0.1, 0.15) is 32.4 Å². The molecule has 0 aliphatic carbocycles. The van der Waals surface area contributed by atoms with Crippen LogP contribution in [0.2, 0.25) is 0 Å². The number of nitrogens with two attached hydrogens (primary N) is 2. The minimum absolute atomic E-state index is 0.0245. The monoisotopic (exact) mass is 179 g/mol. The third-order valence-corrected chi connectivity index (χ3v) is 2.07. The molecule has 0 aliphatic rings. The molecule has 0 saturated heterocycles. The first-order chi connectivity index (χ1) is 5.91. The predicted octanol–water partition coefficient (Wildman–Crippen LogP) is 1.71. The zero-order valence-electron chi connectivity index (χ0n) is 8.41. The molecule has 1 aromatic rings. The van der Waals surface area contributed by atoms with E-state index in [1.807, 2.05) is 6.07 Å². The first-order valence-corrected chi connectivity index (χ1v) is 4.37. The van der Waals surface area contributed by atoms with Gasteiger partial charge in [-0.05, 0) is 17.0 Å². The highest BCUT2D eigenvalue weighted by Gasteiger charge is 2.22. The summed E-state index contributed by atoms with van der Waals surface area (Å²) in [5.41, 5.74) is 13.4. The second-order valence-corrected chi connectivity index (χ2v) is 4.40. The molecule has 4 N–H and O–H groups in total. The van der Waals surface area contributed by atoms with Crippen molar-refractivity contribution >= 4 is 5.69 Å². The van der Waals surface area contributed by atoms with E-state index < -0.39 is 0 Å². The Morgan fingerprint density at radius 3 is 2.38 bits per heavy atom. The van der Waals surface area contributed by atoms with Crippen molar-refractivity contribution in [3.05, 3.63) is 24.0 Å². The van der Waals surface area contributed by atoms with Crippen LogP contribution >= 0.6 is 0 Å². The molecule has 1 aromatic heterocycles. The largest absolute Gasteiger partial charge is 0.397 e. The molecule has 0 unspecified atom stereocenters. The van der Waals surface area contributed by atoms with Gasteiger partial charge in [0.25, 0.3) is 0 Å². The van der Waals surface area contributed by atoms with Crippen molar-refractivity contribution in [3.63, 3.8) is 0 Å². The molecular weight excluding hydrogens is 162 g/mol. The number of rotatable bonds is 1. The molecule has 0 bridgehead atoms. The van der Waals surface area contributed by atoms with Gasteiger partial charge < -0.3 is 11.5 Å². The number of anilines is 1. The van der Waals surface area contributed by atoms with Gasteiger partial charge in [0, 0.05) is 18.4 Å². The third kappa shape index (κ3) is 2.42. The molecule has 0 radical (unpaired) electrons. The predicted molar refractivity (Wildman–Crippen MR) is 55.0 cm³/mol. The molecule has 0 saturated carbocycles. The van der Waals surface area contributed by atoms with Crippen molar-refractivity contribution in [1.82, 2.24) is 4.98 Å². The van der Waals surface area contributed by atoms with E-state index in [1.165, 1.54) is 0 Å². The lowest BCUT2D eigenvalue weighted by Gasteiger charge is -2.27. The van der Waals surface area contributed by atoms with Crippen LogP contribution in [-0.2, 0) is 0 Å². The number of aromatic nitrogens is 1. The Morgan fingerprint density at radius 1 is 1.31 bits per heavy atom. The van der Waals surface area contributed by atoms with Gasteiger partial charge in [-0.3, -0.25) is 4.98 Å². The number of pyridine rings is 1. The molecule has 3 heteroatoms. The van der Waals surface area contributed by atoms with Crippen LogP contribution in [0.5, 0.6) is 0 Å². The standard InChI is InChI=1S/C10H17N3/c1-10(2,3)9(12)7-4-8(11)6-13-5-7/h4-6,9H,11-12H2,1-3H3/t9-/m0/s1. The Kier molecular flexibility index (Phi) is 2.57. The third-order valence-electron chi connectivity index (χ3n) is 2.07. The minimum atomic E-state index is -0.0245. The van der Waals surface area contributed by atoms with Gasteiger partial charge in [-0.15, -0.1) is 0 Å². The summed E-state index contributed by atoms with van der Waals surface area (Å²) >= 11 is 0. The Labute approximate surface area is 79.2 Å². The molecule has 0 aromatic carbocycles. The van der Waals surface area contributed by atoms with Crippen molar-refractivity contribution in [2.45, 2.75) is 26.8 Å². The topological polar surface area (TPSA) is 64.9 Å². The first-order valence-electron chi connectivity index (χ1n) is 4.37. The molecule has 13 heavy (non-hydrogen) atoms. The van der Waals surface area contributed by atoms with Gasteiger partial charge in [0.05, 0.1) is 5.69 Å². The second-order valence-electron chi connectivity index (χ2n) is 4.40. The lowest BCUT2D eigenvalue weighted by Crippen LogP contribution is -2.26. The van der Waals surface area contributed by atoms with Gasteiger partial charge in [0.2, 0.25) is 0 Å². The van der Waals surface area contributed by atoms with E-state index in [0.29, 0.717) is 5.69 Å². The first kappa shape index (κ1) is 9.99. The Bertz CT molecular complexity index is 288. The maximum Gasteiger partial charge on any atom is 0.0503 e. The van der Waals surface area contributed by atoms with Gasteiger partial charge in [0.15, 0.2) is 0 Å². The summed E-state index contributed by atoms with van der Waals surface area (Å²) in [4.78, 5) is 4.01. The normalized spacial score (nSPS) is 14.2. The molecule has 72 valence electrons. The lowest BCUT2D eigenvalue weighted by molar-refractivity contribution is 0.326. The summed E-state index contributed by atoms with van der Waals surface area (Å²) in [7, 11) is 0. The van der Waals surface area contributed by atoms with Crippen LogP contribution in [0.3, 0.4) is 0 Å². The fourth-order valence-corrected chi connectivity index (χ4v) is 1.15. The summed E-state index contributed by atoms with van der Waals surface area (Å²) in [5, 5.41) is 0. The Morgan fingerprint density at radius 2 is 1.92 bits per heavy atom. The van der Waals surface area contributed by atoms with Gasteiger partial charge in [-0.1, -0.05) is 20.8 Å². The number of hydrogen-bond donors (Lipinski definition) is 2. The fourth-order valence-electron chi connectivity index (χ4n) is 1.15. The molecule has 0 fully saturated rings. The number of nitrogen functional groups attached to an aromatic ring is 1. The molecule has 0 amide bonds. The van der Waals surface area contributed by atoms with Gasteiger partial charge in [-0.25, -0.2) is 0 Å². The van der Waals surface area contributed by atoms with E-state index in [4.69, 9.17) is 11.5 Å². The van der Waals surface area contributed by atoms with Crippen molar-refractivity contribution in [2.24, 2.45) is 11.1 Å². The highest BCUT2D eigenvalue weighted by molar-refractivity contribution is 5.38. The van der Waals surface area contributed by atoms with Crippen LogP contribution in [0.4, 0.5) is 5.69 Å². The van der Waals surface area contributed by atoms with Crippen LogP contribution < -0.4 is 11.5 Å². The minimum Gasteiger partial charge on any atom is -0.397 e. The fraction of sp³-hybridized carbons (Fsp3) is 0.500. The lowest BCUT2D eigenvalue weighted by atomic mass is 9.83. The molecule has 3 nitrogen and oxygen atoms in total. The molecule has 1 rings (SSSR count). The van der Waals surface area contributed by atoms with E-state index in [-0.39, 0.29) is 11.5 Å². The molecule has 0 aliphatic heterocycles. The SMILES string of the molecule is CC(C)(C)[C@@H](N)c1cncc(N)c1. The zero-order valence-corrected chi connectivity index (χ0v) is 8.41. The van der Waals surface area contributed by atoms with Crippen LogP contribution in [0.25, 0.3) is 0 Å². The molecule has 0 spiro atoms. The second kappa shape index (κ2) is 3.34. The van der Waals surface area contributed by atoms with Crippen LogP contribution in [-0.4, -0.2) is 4.98 Å². The van der Waals surface area contributed by atoms with E-state index in [0.717, 1.165) is 5.56 Å². The summed E-state index contributed by atoms with van der Waals surface area (Å²) in [6.45, 7) is 6.29. The number of nitrogens with zero attached hydrogens (tertiary/aromatic N) is 1. The molecule has 1 atom stereocenters. The zero-order chi connectivity index (χ0) is 10.1. The van der Waals surface area contributed by atoms with Crippen LogP contribution in [0, 0.1) is 5.41 Å². The maximum absolute atomic E-state index is 6.05. The van der Waals surface area contributed by atoms with Gasteiger partial charge in [0.1, 0.15) is 0 Å². The molecular formula is C10H17N3. The summed E-state index contributed by atoms with van der Waals surface area (Å²) in [6, 6.07) is 1.85.